The second kappa shape index (κ2) is 8.84. The monoisotopic (exact) mass is 514 g/mol. The molecule has 2 aliphatic rings. The molecule has 3 N–H and O–H groups in total. The van der Waals surface area contributed by atoms with Crippen molar-refractivity contribution in [3.8, 4) is 5.75 Å². The van der Waals surface area contributed by atoms with Gasteiger partial charge in [-0.15, -0.1) is 0 Å². The van der Waals surface area contributed by atoms with Crippen molar-refractivity contribution in [2.75, 3.05) is 0 Å². The fourth-order valence-electron chi connectivity index (χ4n) is 5.31. The zero-order chi connectivity index (χ0) is 27.5. The molecular weight excluding hydrogens is 480 g/mol. The summed E-state index contributed by atoms with van der Waals surface area (Å²) in [5.41, 5.74) is 11.5. The Hall–Kier alpha value is -4.38. The molecule has 0 fully saturated rings. The highest BCUT2D eigenvalue weighted by molar-refractivity contribution is 5.96. The first-order valence-electron chi connectivity index (χ1n) is 13.4. The van der Waals surface area contributed by atoms with Gasteiger partial charge in [0, 0.05) is 27.6 Å². The molecule has 0 atom stereocenters. The van der Waals surface area contributed by atoms with Gasteiger partial charge in [-0.1, -0.05) is 41.5 Å². The minimum absolute atomic E-state index is 0.193. The molecule has 0 aliphatic carbocycles. The minimum Gasteiger partial charge on any atom is -0.508 e. The Balaban J connectivity index is 1.69. The van der Waals surface area contributed by atoms with Gasteiger partial charge in [-0.3, -0.25) is 0 Å². The number of rotatable bonds is 1. The van der Waals surface area contributed by atoms with Crippen LogP contribution in [0.4, 0.5) is 0 Å². The van der Waals surface area contributed by atoms with Gasteiger partial charge in [-0.05, 0) is 106 Å². The topological polar surface area (TPSA) is 77.6 Å². The lowest BCUT2D eigenvalue weighted by atomic mass is 9.73. The number of nitrogens with one attached hydrogen (secondary N) is 2. The molecule has 2 aliphatic heterocycles. The molecule has 0 saturated heterocycles. The molecule has 5 nitrogen and oxygen atoms in total. The van der Waals surface area contributed by atoms with E-state index in [1.165, 1.54) is 0 Å². The molecule has 6 rings (SSSR count). The maximum atomic E-state index is 10.8. The molecule has 3 aromatic heterocycles. The van der Waals surface area contributed by atoms with Gasteiger partial charge < -0.3 is 15.1 Å². The Kier molecular flexibility index (Phi) is 5.65. The van der Waals surface area contributed by atoms with Gasteiger partial charge in [-0.25, -0.2) is 9.97 Å². The van der Waals surface area contributed by atoms with Crippen LogP contribution in [0.1, 0.15) is 81.0 Å². The number of fused-ring (bicyclic) bond motifs is 8. The number of benzene rings is 1. The van der Waals surface area contributed by atoms with Gasteiger partial charge in [0.2, 0.25) is 0 Å². The zero-order valence-corrected chi connectivity index (χ0v) is 23.3. The van der Waals surface area contributed by atoms with E-state index in [0.717, 1.165) is 67.1 Å². The highest BCUT2D eigenvalue weighted by atomic mass is 16.3. The molecule has 0 radical (unpaired) electrons. The molecule has 5 heterocycles. The van der Waals surface area contributed by atoms with Gasteiger partial charge in [0.25, 0.3) is 0 Å². The molecule has 8 bridgehead atoms. The zero-order valence-electron chi connectivity index (χ0n) is 23.3. The van der Waals surface area contributed by atoms with Crippen molar-refractivity contribution in [3.63, 3.8) is 0 Å². The maximum Gasteiger partial charge on any atom is 0.116 e. The van der Waals surface area contributed by atoms with Crippen molar-refractivity contribution in [1.82, 2.24) is 19.9 Å². The van der Waals surface area contributed by atoms with Crippen LogP contribution in [0.2, 0.25) is 0 Å². The van der Waals surface area contributed by atoms with E-state index in [0.29, 0.717) is 0 Å². The summed E-state index contributed by atoms with van der Waals surface area (Å²) in [6.45, 7) is 13.1. The Morgan fingerprint density at radius 2 is 1.08 bits per heavy atom. The SMILES string of the molecule is CC(C)(C)c1cc(O)cc(C(C)(C)C)c1C1=Cc2cc3ccc(cc4ccc(cc5nc(cc1n2)C=C5)[nH]4)[nH]3. The molecule has 5 heteroatoms. The lowest BCUT2D eigenvalue weighted by molar-refractivity contribution is 0.465. The van der Waals surface area contributed by atoms with E-state index in [1.54, 1.807) is 0 Å². The number of aromatic amines is 2. The number of aromatic nitrogens is 4. The third-order valence-electron chi connectivity index (χ3n) is 7.17. The first kappa shape index (κ1) is 24.9. The molecule has 39 heavy (non-hydrogen) atoms. The molecule has 0 saturated carbocycles. The smallest absolute Gasteiger partial charge is 0.116 e. The highest BCUT2D eigenvalue weighted by Crippen LogP contribution is 2.43. The lowest BCUT2D eigenvalue weighted by Crippen LogP contribution is -2.21. The van der Waals surface area contributed by atoms with E-state index < -0.39 is 0 Å². The van der Waals surface area contributed by atoms with E-state index in [2.05, 4.69) is 106 Å². The number of hydrogen-bond donors (Lipinski definition) is 3. The van der Waals surface area contributed by atoms with E-state index >= 15 is 0 Å². The third-order valence-corrected chi connectivity index (χ3v) is 7.17. The summed E-state index contributed by atoms with van der Waals surface area (Å²) in [5, 5.41) is 10.8. The second-order valence-electron chi connectivity index (χ2n) is 12.5. The maximum absolute atomic E-state index is 10.8. The molecule has 4 aromatic rings. The predicted octanol–water partition coefficient (Wildman–Crippen LogP) is 8.37. The van der Waals surface area contributed by atoms with Gasteiger partial charge >= 0.3 is 0 Å². The number of nitrogens with zero attached hydrogens (tertiary/aromatic N) is 2. The van der Waals surface area contributed by atoms with Crippen molar-refractivity contribution in [3.05, 3.63) is 100 Å². The Morgan fingerprint density at radius 1 is 0.590 bits per heavy atom. The minimum atomic E-state index is -0.193. The summed E-state index contributed by atoms with van der Waals surface area (Å²) < 4.78 is 0. The molecule has 0 spiro atoms. The van der Waals surface area contributed by atoms with Gasteiger partial charge in [0.05, 0.1) is 22.8 Å². The van der Waals surface area contributed by atoms with Crippen LogP contribution in [0, 0.1) is 0 Å². The number of hydrogen-bond acceptors (Lipinski definition) is 3. The van der Waals surface area contributed by atoms with Crippen LogP contribution in [-0.2, 0) is 10.8 Å². The molecule has 0 amide bonds. The normalized spacial score (nSPS) is 13.5. The number of phenols is 1. The second-order valence-corrected chi connectivity index (χ2v) is 12.5. The van der Waals surface area contributed by atoms with Crippen LogP contribution in [0.25, 0.3) is 45.9 Å². The van der Waals surface area contributed by atoms with Crippen LogP contribution in [0.3, 0.4) is 0 Å². The van der Waals surface area contributed by atoms with Crippen LogP contribution >= 0.6 is 0 Å². The fraction of sp³-hybridized carbons (Fsp3) is 0.235. The van der Waals surface area contributed by atoms with Crippen molar-refractivity contribution in [1.29, 1.82) is 0 Å². The third kappa shape index (κ3) is 4.92. The average Bonchev–Trinajstić information content (AvgIpc) is 3.63. The summed E-state index contributed by atoms with van der Waals surface area (Å²) in [6, 6.07) is 20.4. The van der Waals surface area contributed by atoms with Crippen molar-refractivity contribution >= 4 is 45.9 Å². The lowest BCUT2D eigenvalue weighted by Gasteiger charge is -2.31. The highest BCUT2D eigenvalue weighted by Gasteiger charge is 2.30. The van der Waals surface area contributed by atoms with E-state index in [1.807, 2.05) is 24.3 Å². The van der Waals surface area contributed by atoms with Crippen LogP contribution < -0.4 is 0 Å². The van der Waals surface area contributed by atoms with Crippen molar-refractivity contribution in [2.24, 2.45) is 0 Å². The van der Waals surface area contributed by atoms with Gasteiger partial charge in [0.15, 0.2) is 0 Å². The molecule has 1 aromatic carbocycles. The summed E-state index contributed by atoms with van der Waals surface area (Å²) in [6.07, 6.45) is 6.23. The number of aromatic hydroxyl groups is 1. The predicted molar refractivity (Wildman–Crippen MR) is 162 cm³/mol. The summed E-state index contributed by atoms with van der Waals surface area (Å²) >= 11 is 0. The molecule has 196 valence electrons. The summed E-state index contributed by atoms with van der Waals surface area (Å²) in [7, 11) is 0. The van der Waals surface area contributed by atoms with Gasteiger partial charge in [0.1, 0.15) is 5.75 Å². The van der Waals surface area contributed by atoms with Crippen LogP contribution in [0.5, 0.6) is 5.75 Å². The Morgan fingerprint density at radius 3 is 1.62 bits per heavy atom. The van der Waals surface area contributed by atoms with Crippen LogP contribution in [-0.4, -0.2) is 25.0 Å². The standard InChI is InChI=1S/C34H34N4O/c1-33(2,3)29-18-27(39)19-30(34(4,5)6)32(29)28-16-26-15-24-10-9-22(36-24)13-20-7-8-21(35-20)14-23-11-12-25(37-23)17-31(28)38-26/h7-19,35-36,39H,1-6H3. The summed E-state index contributed by atoms with van der Waals surface area (Å²) in [4.78, 5) is 16.9. The number of H-pyrrole nitrogens is 2. The van der Waals surface area contributed by atoms with Crippen molar-refractivity contribution in [2.45, 2.75) is 52.4 Å². The largest absolute Gasteiger partial charge is 0.508 e. The van der Waals surface area contributed by atoms with E-state index in [-0.39, 0.29) is 16.6 Å². The average molecular weight is 515 g/mol. The Bertz CT molecular complexity index is 1800. The quantitative estimate of drug-likeness (QED) is 0.206. The first-order chi connectivity index (χ1) is 18.4. The van der Waals surface area contributed by atoms with E-state index in [9.17, 15) is 5.11 Å². The van der Waals surface area contributed by atoms with E-state index in [4.69, 9.17) is 9.97 Å². The van der Waals surface area contributed by atoms with Crippen molar-refractivity contribution < 1.29 is 5.11 Å². The van der Waals surface area contributed by atoms with Gasteiger partial charge in [-0.2, -0.15) is 0 Å². The molecule has 0 unspecified atom stereocenters. The fourth-order valence-corrected chi connectivity index (χ4v) is 5.31. The first-order valence-corrected chi connectivity index (χ1v) is 13.4. The summed E-state index contributed by atoms with van der Waals surface area (Å²) in [5.74, 6) is 0.288. The Labute approximate surface area is 229 Å². The molecular formula is C34H34N4O. The van der Waals surface area contributed by atoms with Crippen LogP contribution in [0.15, 0.2) is 60.7 Å². The number of phenolic OH excluding ortho intramolecular Hbond substituents is 1.